The van der Waals surface area contributed by atoms with Gasteiger partial charge >= 0.3 is 12.1 Å². The summed E-state index contributed by atoms with van der Waals surface area (Å²) in [5, 5.41) is 8.85. The second-order valence-electron chi connectivity index (χ2n) is 6.15. The summed E-state index contributed by atoms with van der Waals surface area (Å²) in [6, 6.07) is 4.61. The highest BCUT2D eigenvalue weighted by molar-refractivity contribution is 5.78. The number of carboxylic acid groups (broad SMARTS) is 1. The molecule has 1 aliphatic heterocycles. The van der Waals surface area contributed by atoms with Crippen LogP contribution < -0.4 is 0 Å². The number of rotatable bonds is 4. The third-order valence-electron chi connectivity index (χ3n) is 4.30. The van der Waals surface area contributed by atoms with Crippen molar-refractivity contribution in [2.45, 2.75) is 38.3 Å². The maximum Gasteiger partial charge on any atom is 0.416 e. The van der Waals surface area contributed by atoms with Gasteiger partial charge in [-0.25, -0.2) is 0 Å². The lowest BCUT2D eigenvalue weighted by Crippen LogP contribution is -2.33. The predicted molar refractivity (Wildman–Crippen MR) is 81.3 cm³/mol. The number of benzene rings is 1. The number of carboxylic acids is 1. The molecule has 1 heterocycles. The normalized spacial score (nSPS) is 19.0. The molecular weight excluding hydrogens is 323 g/mol. The lowest BCUT2D eigenvalue weighted by molar-refractivity contribution is -0.138. The first-order valence-corrected chi connectivity index (χ1v) is 7.91. The molecule has 1 aromatic carbocycles. The molecule has 0 radical (unpaired) electrons. The lowest BCUT2D eigenvalue weighted by atomic mass is 9.97. The summed E-state index contributed by atoms with van der Waals surface area (Å²) in [4.78, 5) is 24.8. The van der Waals surface area contributed by atoms with E-state index >= 15 is 0 Å². The van der Waals surface area contributed by atoms with Crippen LogP contribution in [-0.4, -0.2) is 35.0 Å². The van der Waals surface area contributed by atoms with E-state index in [2.05, 4.69) is 0 Å². The quantitative estimate of drug-likeness (QED) is 0.912. The Morgan fingerprint density at radius 2 is 1.79 bits per heavy atom. The maximum atomic E-state index is 12.5. The molecule has 1 saturated heterocycles. The van der Waals surface area contributed by atoms with Crippen molar-refractivity contribution in [2.24, 2.45) is 5.92 Å². The van der Waals surface area contributed by atoms with Gasteiger partial charge in [-0.3, -0.25) is 9.59 Å². The number of carbonyl (C=O) groups excluding carboxylic acids is 1. The number of nitrogens with zero attached hydrogens (tertiary/aromatic N) is 1. The van der Waals surface area contributed by atoms with Gasteiger partial charge in [0.1, 0.15) is 0 Å². The highest BCUT2D eigenvalue weighted by Gasteiger charge is 2.30. The minimum Gasteiger partial charge on any atom is -0.481 e. The highest BCUT2D eigenvalue weighted by Crippen LogP contribution is 2.29. The van der Waals surface area contributed by atoms with Crippen molar-refractivity contribution in [1.82, 2.24) is 4.90 Å². The molecule has 24 heavy (non-hydrogen) atoms. The van der Waals surface area contributed by atoms with Crippen LogP contribution in [0.4, 0.5) is 13.2 Å². The molecule has 0 saturated carbocycles. The molecule has 4 nitrogen and oxygen atoms in total. The Kier molecular flexibility index (Phi) is 5.85. The van der Waals surface area contributed by atoms with E-state index in [1.165, 1.54) is 12.1 Å². The Labute approximate surface area is 138 Å². The Morgan fingerprint density at radius 1 is 1.12 bits per heavy atom. The molecule has 7 heteroatoms. The standard InChI is InChI=1S/C17H20F3NO3/c18-17(19,20)14-5-3-13(4-6-14)10-15(22)21-8-1-2-12(7-9-21)11-16(23)24/h3-6,12H,1-2,7-11H2,(H,23,24). The van der Waals surface area contributed by atoms with Crippen LogP contribution in [0.15, 0.2) is 24.3 Å². The van der Waals surface area contributed by atoms with Gasteiger partial charge in [-0.05, 0) is 42.9 Å². The molecule has 1 aromatic rings. The second kappa shape index (κ2) is 7.68. The fourth-order valence-electron chi connectivity index (χ4n) is 2.96. The predicted octanol–water partition coefficient (Wildman–Crippen LogP) is 3.35. The molecular formula is C17H20F3NO3. The number of hydrogen-bond acceptors (Lipinski definition) is 2. The van der Waals surface area contributed by atoms with Crippen LogP contribution in [0.1, 0.15) is 36.8 Å². The zero-order chi connectivity index (χ0) is 17.7. The largest absolute Gasteiger partial charge is 0.481 e. The molecule has 1 amide bonds. The molecule has 1 unspecified atom stereocenters. The van der Waals surface area contributed by atoms with E-state index in [-0.39, 0.29) is 24.7 Å². The van der Waals surface area contributed by atoms with Gasteiger partial charge in [0, 0.05) is 19.5 Å². The summed E-state index contributed by atoms with van der Waals surface area (Å²) in [7, 11) is 0. The first-order valence-electron chi connectivity index (χ1n) is 7.91. The maximum absolute atomic E-state index is 12.5. The molecule has 132 valence electrons. The number of aliphatic carboxylic acids is 1. The zero-order valence-corrected chi connectivity index (χ0v) is 13.2. The SMILES string of the molecule is O=C(O)CC1CCCN(C(=O)Cc2ccc(C(F)(F)F)cc2)CC1. The van der Waals surface area contributed by atoms with Gasteiger partial charge in [-0.1, -0.05) is 12.1 Å². The van der Waals surface area contributed by atoms with E-state index < -0.39 is 17.7 Å². The van der Waals surface area contributed by atoms with Crippen LogP contribution in [0.2, 0.25) is 0 Å². The average Bonchev–Trinajstić information content (AvgIpc) is 2.72. The molecule has 0 aromatic heterocycles. The van der Waals surface area contributed by atoms with E-state index in [1.807, 2.05) is 0 Å². The number of halogens is 3. The van der Waals surface area contributed by atoms with E-state index in [0.29, 0.717) is 25.1 Å². The van der Waals surface area contributed by atoms with Crippen LogP contribution in [-0.2, 0) is 22.2 Å². The van der Waals surface area contributed by atoms with Crippen molar-refractivity contribution in [1.29, 1.82) is 0 Å². The zero-order valence-electron chi connectivity index (χ0n) is 13.2. The number of amides is 1. The summed E-state index contributed by atoms with van der Waals surface area (Å²) < 4.78 is 37.6. The highest BCUT2D eigenvalue weighted by atomic mass is 19.4. The third kappa shape index (κ3) is 5.25. The Bertz CT molecular complexity index is 584. The minimum absolute atomic E-state index is 0.0573. The minimum atomic E-state index is -4.38. The molecule has 2 rings (SSSR count). The second-order valence-corrected chi connectivity index (χ2v) is 6.15. The fourth-order valence-corrected chi connectivity index (χ4v) is 2.96. The monoisotopic (exact) mass is 343 g/mol. The number of likely N-dealkylation sites (tertiary alicyclic amines) is 1. The number of carbonyl (C=O) groups is 2. The Morgan fingerprint density at radius 3 is 2.38 bits per heavy atom. The van der Waals surface area contributed by atoms with Crippen molar-refractivity contribution in [3.05, 3.63) is 35.4 Å². The van der Waals surface area contributed by atoms with Gasteiger partial charge in [-0.15, -0.1) is 0 Å². The van der Waals surface area contributed by atoms with Gasteiger partial charge in [0.15, 0.2) is 0 Å². The van der Waals surface area contributed by atoms with E-state index in [9.17, 15) is 22.8 Å². The number of alkyl halides is 3. The van der Waals surface area contributed by atoms with Gasteiger partial charge in [-0.2, -0.15) is 13.2 Å². The summed E-state index contributed by atoms with van der Waals surface area (Å²) >= 11 is 0. The van der Waals surface area contributed by atoms with Crippen molar-refractivity contribution in [3.63, 3.8) is 0 Å². The van der Waals surface area contributed by atoms with Crippen molar-refractivity contribution in [3.8, 4) is 0 Å². The van der Waals surface area contributed by atoms with E-state index in [4.69, 9.17) is 5.11 Å². The average molecular weight is 343 g/mol. The van der Waals surface area contributed by atoms with Crippen molar-refractivity contribution in [2.75, 3.05) is 13.1 Å². The first kappa shape index (κ1) is 18.3. The number of hydrogen-bond donors (Lipinski definition) is 1. The molecule has 0 bridgehead atoms. The van der Waals surface area contributed by atoms with E-state index in [1.54, 1.807) is 4.90 Å². The van der Waals surface area contributed by atoms with E-state index in [0.717, 1.165) is 25.0 Å². The molecule has 1 aliphatic rings. The van der Waals surface area contributed by atoms with Gasteiger partial charge in [0.05, 0.1) is 12.0 Å². The third-order valence-corrected chi connectivity index (χ3v) is 4.30. The molecule has 0 aliphatic carbocycles. The first-order chi connectivity index (χ1) is 11.3. The summed E-state index contributed by atoms with van der Waals surface area (Å²) in [6.45, 7) is 1.06. The van der Waals surface area contributed by atoms with Crippen LogP contribution in [0, 0.1) is 5.92 Å². The van der Waals surface area contributed by atoms with Crippen LogP contribution in [0.5, 0.6) is 0 Å². The summed E-state index contributed by atoms with van der Waals surface area (Å²) in [6.07, 6.45) is -2.05. The Balaban J connectivity index is 1.91. The molecule has 1 N–H and O–H groups in total. The van der Waals surface area contributed by atoms with Gasteiger partial charge < -0.3 is 10.0 Å². The molecule has 0 spiro atoms. The van der Waals surface area contributed by atoms with Gasteiger partial charge in [0.25, 0.3) is 0 Å². The smallest absolute Gasteiger partial charge is 0.416 e. The fraction of sp³-hybridized carbons (Fsp3) is 0.529. The summed E-state index contributed by atoms with van der Waals surface area (Å²) in [5.74, 6) is -0.887. The summed E-state index contributed by atoms with van der Waals surface area (Å²) in [5.41, 5.74) is -0.190. The Hall–Kier alpha value is -2.05. The van der Waals surface area contributed by atoms with Gasteiger partial charge in [0.2, 0.25) is 5.91 Å². The topological polar surface area (TPSA) is 57.6 Å². The van der Waals surface area contributed by atoms with Crippen LogP contribution >= 0.6 is 0 Å². The van der Waals surface area contributed by atoms with Crippen LogP contribution in [0.25, 0.3) is 0 Å². The van der Waals surface area contributed by atoms with Crippen molar-refractivity contribution >= 4 is 11.9 Å². The van der Waals surface area contributed by atoms with Crippen molar-refractivity contribution < 1.29 is 27.9 Å². The lowest BCUT2D eigenvalue weighted by Gasteiger charge is -2.20. The molecule has 1 fully saturated rings. The van der Waals surface area contributed by atoms with Crippen LogP contribution in [0.3, 0.4) is 0 Å². The molecule has 1 atom stereocenters.